The molecule has 0 radical (unpaired) electrons. The Hall–Kier alpha value is -2.95. The van der Waals surface area contributed by atoms with Crippen molar-refractivity contribution in [2.24, 2.45) is 0 Å². The topological polar surface area (TPSA) is 59.8 Å². The van der Waals surface area contributed by atoms with Crippen LogP contribution in [-0.2, 0) is 13.0 Å². The summed E-state index contributed by atoms with van der Waals surface area (Å²) in [5.74, 6) is 0.868. The number of nitrogens with zero attached hydrogens (tertiary/aromatic N) is 3. The zero-order valence-electron chi connectivity index (χ0n) is 14.2. The van der Waals surface area contributed by atoms with E-state index in [4.69, 9.17) is 0 Å². The molecule has 5 heteroatoms. The number of benzene rings is 1. The summed E-state index contributed by atoms with van der Waals surface area (Å²) in [5, 5.41) is 2.93. The summed E-state index contributed by atoms with van der Waals surface area (Å²) in [5.41, 5.74) is 4.46. The van der Waals surface area contributed by atoms with Gasteiger partial charge in [0, 0.05) is 41.6 Å². The largest absolute Gasteiger partial charge is 0.328 e. The van der Waals surface area contributed by atoms with Crippen LogP contribution in [0.5, 0.6) is 0 Å². The van der Waals surface area contributed by atoms with Crippen LogP contribution in [0, 0.1) is 6.92 Å². The fourth-order valence-corrected chi connectivity index (χ4v) is 3.29. The lowest BCUT2D eigenvalue weighted by Gasteiger charge is -2.16. The average molecular weight is 332 g/mol. The zero-order chi connectivity index (χ0) is 17.2. The van der Waals surface area contributed by atoms with E-state index in [1.54, 1.807) is 18.3 Å². The molecule has 25 heavy (non-hydrogen) atoms. The highest BCUT2D eigenvalue weighted by Gasteiger charge is 2.15. The molecule has 0 atom stereocenters. The normalized spacial score (nSPS) is 13.3. The van der Waals surface area contributed by atoms with Gasteiger partial charge in [-0.2, -0.15) is 0 Å². The average Bonchev–Trinajstić information content (AvgIpc) is 3.07. The van der Waals surface area contributed by atoms with Crippen LogP contribution in [-0.4, -0.2) is 20.4 Å². The van der Waals surface area contributed by atoms with E-state index >= 15 is 0 Å². The lowest BCUT2D eigenvalue weighted by molar-refractivity contribution is 0.102. The van der Waals surface area contributed by atoms with Gasteiger partial charge in [0.25, 0.3) is 5.91 Å². The molecular formula is C20H20N4O. The van der Waals surface area contributed by atoms with E-state index in [1.165, 1.54) is 18.5 Å². The van der Waals surface area contributed by atoms with E-state index < -0.39 is 0 Å². The van der Waals surface area contributed by atoms with Crippen LogP contribution < -0.4 is 5.32 Å². The standard InChI is InChI=1S/C20H20N4O/c1-14-18(6-4-11-21-14)20(25)23-16-9-7-15(8-10-16)19-22-13-17-5-2-3-12-24(17)19/h4,6-11,13H,2-3,5,12H2,1H3,(H,23,25). The highest BCUT2D eigenvalue weighted by Crippen LogP contribution is 2.25. The molecule has 0 spiro atoms. The van der Waals surface area contributed by atoms with Crippen molar-refractivity contribution in [1.29, 1.82) is 0 Å². The Morgan fingerprint density at radius 1 is 1.12 bits per heavy atom. The number of amides is 1. The minimum atomic E-state index is -0.142. The van der Waals surface area contributed by atoms with Gasteiger partial charge in [-0.3, -0.25) is 9.78 Å². The van der Waals surface area contributed by atoms with Gasteiger partial charge in [-0.05, 0) is 62.6 Å². The van der Waals surface area contributed by atoms with Crippen molar-refractivity contribution >= 4 is 11.6 Å². The molecule has 0 unspecified atom stereocenters. The molecule has 1 N–H and O–H groups in total. The maximum absolute atomic E-state index is 12.4. The summed E-state index contributed by atoms with van der Waals surface area (Å²) in [6.45, 7) is 2.86. The molecule has 0 fully saturated rings. The molecule has 0 bridgehead atoms. The zero-order valence-corrected chi connectivity index (χ0v) is 14.2. The van der Waals surface area contributed by atoms with E-state index in [2.05, 4.69) is 19.9 Å². The summed E-state index contributed by atoms with van der Waals surface area (Å²) in [6, 6.07) is 11.4. The summed E-state index contributed by atoms with van der Waals surface area (Å²) < 4.78 is 2.30. The minimum absolute atomic E-state index is 0.142. The number of anilines is 1. The highest BCUT2D eigenvalue weighted by molar-refractivity contribution is 6.05. The Balaban J connectivity index is 1.54. The van der Waals surface area contributed by atoms with Crippen LogP contribution in [0.2, 0.25) is 0 Å². The molecule has 3 aromatic rings. The summed E-state index contributed by atoms with van der Waals surface area (Å²) >= 11 is 0. The second kappa shape index (κ2) is 6.51. The number of aromatic nitrogens is 3. The van der Waals surface area contributed by atoms with Crippen LogP contribution in [0.15, 0.2) is 48.8 Å². The van der Waals surface area contributed by atoms with Crippen LogP contribution in [0.1, 0.15) is 34.6 Å². The van der Waals surface area contributed by atoms with Crippen molar-refractivity contribution in [2.45, 2.75) is 32.7 Å². The Labute approximate surface area is 146 Å². The van der Waals surface area contributed by atoms with Crippen molar-refractivity contribution in [2.75, 3.05) is 5.32 Å². The summed E-state index contributed by atoms with van der Waals surface area (Å²) in [7, 11) is 0. The van der Waals surface area contributed by atoms with Crippen molar-refractivity contribution in [3.05, 3.63) is 65.7 Å². The van der Waals surface area contributed by atoms with Gasteiger partial charge in [0.2, 0.25) is 0 Å². The predicted molar refractivity (Wildman–Crippen MR) is 97.5 cm³/mol. The number of imidazole rings is 1. The molecule has 1 amide bonds. The second-order valence-corrected chi connectivity index (χ2v) is 6.35. The quantitative estimate of drug-likeness (QED) is 0.793. The molecule has 0 saturated heterocycles. The van der Waals surface area contributed by atoms with Gasteiger partial charge in [-0.15, -0.1) is 0 Å². The molecule has 126 valence electrons. The van der Waals surface area contributed by atoms with Gasteiger partial charge in [0.15, 0.2) is 0 Å². The molecule has 0 saturated carbocycles. The van der Waals surface area contributed by atoms with E-state index in [1.807, 2.05) is 37.4 Å². The van der Waals surface area contributed by atoms with E-state index in [0.717, 1.165) is 35.7 Å². The number of rotatable bonds is 3. The van der Waals surface area contributed by atoms with Crippen molar-refractivity contribution in [3.63, 3.8) is 0 Å². The van der Waals surface area contributed by atoms with Gasteiger partial charge in [0.1, 0.15) is 5.82 Å². The number of carbonyl (C=O) groups is 1. The molecule has 1 aliphatic heterocycles. The summed E-state index contributed by atoms with van der Waals surface area (Å²) in [4.78, 5) is 21.1. The van der Waals surface area contributed by atoms with E-state index in [-0.39, 0.29) is 5.91 Å². The predicted octanol–water partition coefficient (Wildman–Crippen LogP) is 3.84. The minimum Gasteiger partial charge on any atom is -0.328 e. The number of pyridine rings is 1. The Kier molecular flexibility index (Phi) is 4.06. The molecule has 1 aromatic carbocycles. The van der Waals surface area contributed by atoms with Gasteiger partial charge in [-0.1, -0.05) is 0 Å². The number of aryl methyl sites for hydroxylation is 2. The summed E-state index contributed by atoms with van der Waals surface area (Å²) in [6.07, 6.45) is 7.21. The Morgan fingerprint density at radius 2 is 1.96 bits per heavy atom. The fraction of sp³-hybridized carbons (Fsp3) is 0.250. The molecule has 3 heterocycles. The Morgan fingerprint density at radius 3 is 2.76 bits per heavy atom. The molecule has 1 aliphatic rings. The second-order valence-electron chi connectivity index (χ2n) is 6.35. The van der Waals surface area contributed by atoms with Crippen LogP contribution in [0.4, 0.5) is 5.69 Å². The lowest BCUT2D eigenvalue weighted by atomic mass is 10.1. The van der Waals surface area contributed by atoms with Crippen LogP contribution in [0.25, 0.3) is 11.4 Å². The third-order valence-electron chi connectivity index (χ3n) is 4.66. The first-order valence-electron chi connectivity index (χ1n) is 8.60. The molecular weight excluding hydrogens is 312 g/mol. The molecule has 4 rings (SSSR count). The van der Waals surface area contributed by atoms with Crippen molar-refractivity contribution < 1.29 is 4.79 Å². The lowest BCUT2D eigenvalue weighted by Crippen LogP contribution is -2.14. The highest BCUT2D eigenvalue weighted by atomic mass is 16.1. The van der Waals surface area contributed by atoms with Gasteiger partial charge >= 0.3 is 0 Å². The number of fused-ring (bicyclic) bond motifs is 1. The number of hydrogen-bond donors (Lipinski definition) is 1. The van der Waals surface area contributed by atoms with Crippen LogP contribution in [0.3, 0.4) is 0 Å². The maximum Gasteiger partial charge on any atom is 0.257 e. The van der Waals surface area contributed by atoms with Crippen molar-refractivity contribution in [3.8, 4) is 11.4 Å². The number of carbonyl (C=O) groups excluding carboxylic acids is 1. The number of nitrogens with one attached hydrogen (secondary N) is 1. The van der Waals surface area contributed by atoms with Gasteiger partial charge in [0.05, 0.1) is 5.56 Å². The first-order valence-corrected chi connectivity index (χ1v) is 8.60. The molecule has 0 aliphatic carbocycles. The SMILES string of the molecule is Cc1ncccc1C(=O)Nc1ccc(-c2ncc3n2CCCC3)cc1. The maximum atomic E-state index is 12.4. The first kappa shape index (κ1) is 15.6. The first-order chi connectivity index (χ1) is 12.2. The monoisotopic (exact) mass is 332 g/mol. The smallest absolute Gasteiger partial charge is 0.257 e. The third kappa shape index (κ3) is 3.05. The van der Waals surface area contributed by atoms with E-state index in [0.29, 0.717) is 5.56 Å². The van der Waals surface area contributed by atoms with Crippen molar-refractivity contribution in [1.82, 2.24) is 14.5 Å². The van der Waals surface area contributed by atoms with Gasteiger partial charge in [-0.25, -0.2) is 4.98 Å². The number of hydrogen-bond acceptors (Lipinski definition) is 3. The van der Waals surface area contributed by atoms with Gasteiger partial charge < -0.3 is 9.88 Å². The Bertz CT molecular complexity index is 912. The molecule has 5 nitrogen and oxygen atoms in total. The molecule has 2 aromatic heterocycles. The van der Waals surface area contributed by atoms with E-state index in [9.17, 15) is 4.79 Å². The fourth-order valence-electron chi connectivity index (χ4n) is 3.29. The third-order valence-corrected chi connectivity index (χ3v) is 4.66. The van der Waals surface area contributed by atoms with Crippen LogP contribution >= 0.6 is 0 Å².